The molecule has 0 spiro atoms. The van der Waals surface area contributed by atoms with Crippen LogP contribution in [0.15, 0.2) is 47.7 Å². The lowest BCUT2D eigenvalue weighted by Crippen LogP contribution is -2.28. The largest absolute Gasteiger partial charge is 0.381 e. The molecule has 0 saturated heterocycles. The lowest BCUT2D eigenvalue weighted by molar-refractivity contribution is 0.505. The molecule has 1 N–H and O–H groups in total. The van der Waals surface area contributed by atoms with E-state index >= 15 is 0 Å². The van der Waals surface area contributed by atoms with E-state index in [1.165, 1.54) is 16.7 Å². The van der Waals surface area contributed by atoms with Gasteiger partial charge in [0.05, 0.1) is 6.04 Å². The lowest BCUT2D eigenvalue weighted by atomic mass is 9.82. The summed E-state index contributed by atoms with van der Waals surface area (Å²) in [7, 11) is 0. The van der Waals surface area contributed by atoms with E-state index in [1.54, 1.807) is 0 Å². The Balaban J connectivity index is 2.88. The summed E-state index contributed by atoms with van der Waals surface area (Å²) in [5, 5.41) is 3.45. The second-order valence-corrected chi connectivity index (χ2v) is 7.25. The van der Waals surface area contributed by atoms with Crippen LogP contribution < -0.4 is 5.32 Å². The van der Waals surface area contributed by atoms with Crippen molar-refractivity contribution in [2.75, 3.05) is 0 Å². The van der Waals surface area contributed by atoms with Crippen molar-refractivity contribution in [3.05, 3.63) is 47.7 Å². The molecule has 20 heavy (non-hydrogen) atoms. The molecule has 0 radical (unpaired) electrons. The predicted octanol–water partition coefficient (Wildman–Crippen LogP) is 5.24. The average Bonchev–Trinajstić information content (AvgIpc) is 2.36. The van der Waals surface area contributed by atoms with Gasteiger partial charge < -0.3 is 5.32 Å². The maximum Gasteiger partial charge on any atom is 0.0655 e. The van der Waals surface area contributed by atoms with Crippen molar-refractivity contribution in [2.45, 2.75) is 54.5 Å². The Labute approximate surface area is 125 Å². The minimum atomic E-state index is 0.202. The number of hydrogen-bond acceptors (Lipinski definition) is 1. The summed E-state index contributed by atoms with van der Waals surface area (Å²) in [6, 6.07) is 0.314. The lowest BCUT2D eigenvalue weighted by Gasteiger charge is -2.28. The molecule has 1 heteroatoms. The standard InChI is InChI=1S/C19H31N/c1-13(2)16(5)14(3)11-15(4)18-12-17(9-10-20-18)19(6,7)8/h9-12,14,16,18,20H,1H2,2-8H3/b15-11+/t14?,16-,18?/m1/s1. The summed E-state index contributed by atoms with van der Waals surface area (Å²) in [6.07, 6.45) is 9.00. The fourth-order valence-electron chi connectivity index (χ4n) is 2.40. The van der Waals surface area contributed by atoms with Gasteiger partial charge in [-0.2, -0.15) is 0 Å². The van der Waals surface area contributed by atoms with Gasteiger partial charge >= 0.3 is 0 Å². The molecule has 0 aromatic rings. The van der Waals surface area contributed by atoms with Crippen LogP contribution in [0.1, 0.15) is 48.5 Å². The van der Waals surface area contributed by atoms with Crippen LogP contribution >= 0.6 is 0 Å². The first-order valence-electron chi connectivity index (χ1n) is 7.61. The van der Waals surface area contributed by atoms with Gasteiger partial charge in [-0.15, -0.1) is 0 Å². The van der Waals surface area contributed by atoms with Crippen LogP contribution in [0.5, 0.6) is 0 Å². The highest BCUT2D eigenvalue weighted by Gasteiger charge is 2.20. The van der Waals surface area contributed by atoms with Gasteiger partial charge in [0.1, 0.15) is 0 Å². The van der Waals surface area contributed by atoms with Gasteiger partial charge in [0.2, 0.25) is 0 Å². The van der Waals surface area contributed by atoms with Crippen molar-refractivity contribution in [1.29, 1.82) is 0 Å². The smallest absolute Gasteiger partial charge is 0.0655 e. The summed E-state index contributed by atoms with van der Waals surface area (Å²) in [6.45, 7) is 19.7. The van der Waals surface area contributed by atoms with Crippen molar-refractivity contribution in [1.82, 2.24) is 5.32 Å². The van der Waals surface area contributed by atoms with E-state index in [1.807, 2.05) is 0 Å². The highest BCUT2D eigenvalue weighted by molar-refractivity contribution is 5.34. The fraction of sp³-hybridized carbons (Fsp3) is 0.579. The van der Waals surface area contributed by atoms with E-state index in [-0.39, 0.29) is 5.41 Å². The first-order chi connectivity index (χ1) is 9.12. The van der Waals surface area contributed by atoms with E-state index in [0.717, 1.165) is 0 Å². The molecule has 0 bridgehead atoms. The normalized spacial score (nSPS) is 22.9. The molecular formula is C19H31N. The van der Waals surface area contributed by atoms with E-state index in [4.69, 9.17) is 0 Å². The van der Waals surface area contributed by atoms with E-state index < -0.39 is 0 Å². The zero-order valence-electron chi connectivity index (χ0n) is 14.2. The molecule has 1 rings (SSSR count). The quantitative estimate of drug-likeness (QED) is 0.691. The molecule has 1 nitrogen and oxygen atoms in total. The summed E-state index contributed by atoms with van der Waals surface area (Å²) in [4.78, 5) is 0. The zero-order chi connectivity index (χ0) is 15.5. The molecule has 0 aliphatic carbocycles. The summed E-state index contributed by atoms with van der Waals surface area (Å²) in [5.74, 6) is 1.04. The van der Waals surface area contributed by atoms with Crippen LogP contribution in [-0.2, 0) is 0 Å². The van der Waals surface area contributed by atoms with Crippen LogP contribution in [-0.4, -0.2) is 6.04 Å². The fourth-order valence-corrected chi connectivity index (χ4v) is 2.40. The molecule has 2 unspecified atom stereocenters. The van der Waals surface area contributed by atoms with Gasteiger partial charge in [0.25, 0.3) is 0 Å². The maximum atomic E-state index is 4.07. The number of rotatable bonds is 4. The van der Waals surface area contributed by atoms with Crippen molar-refractivity contribution >= 4 is 0 Å². The van der Waals surface area contributed by atoms with E-state index in [9.17, 15) is 0 Å². The van der Waals surface area contributed by atoms with Crippen LogP contribution in [0.4, 0.5) is 0 Å². The molecule has 1 heterocycles. The van der Waals surface area contributed by atoms with Crippen molar-refractivity contribution < 1.29 is 0 Å². The van der Waals surface area contributed by atoms with E-state index in [0.29, 0.717) is 17.9 Å². The third-order valence-electron chi connectivity index (χ3n) is 4.33. The molecule has 3 atom stereocenters. The Morgan fingerprint density at radius 1 is 1.30 bits per heavy atom. The maximum absolute atomic E-state index is 4.07. The Bertz CT molecular complexity index is 443. The van der Waals surface area contributed by atoms with Crippen LogP contribution in [0.2, 0.25) is 0 Å². The monoisotopic (exact) mass is 273 g/mol. The predicted molar refractivity (Wildman–Crippen MR) is 90.5 cm³/mol. The van der Waals surface area contributed by atoms with Gasteiger partial charge in [-0.1, -0.05) is 64.5 Å². The molecule has 1 aliphatic rings. The molecule has 112 valence electrons. The number of hydrogen-bond donors (Lipinski definition) is 1. The SMILES string of the molecule is C=C(C)[C@@H](C)C(C)/C=C(\C)C1C=C(C(C)(C)C)C=CN1. The highest BCUT2D eigenvalue weighted by Crippen LogP contribution is 2.29. The van der Waals surface area contributed by atoms with Gasteiger partial charge in [-0.05, 0) is 48.9 Å². The Kier molecular flexibility index (Phi) is 5.44. The molecule has 0 aromatic heterocycles. The topological polar surface area (TPSA) is 12.0 Å². The van der Waals surface area contributed by atoms with Crippen molar-refractivity contribution in [3.63, 3.8) is 0 Å². The third-order valence-corrected chi connectivity index (χ3v) is 4.33. The van der Waals surface area contributed by atoms with Crippen LogP contribution in [0, 0.1) is 17.3 Å². The molecule has 0 fully saturated rings. The average molecular weight is 273 g/mol. The summed E-state index contributed by atoms with van der Waals surface area (Å²) in [5.41, 5.74) is 4.24. The number of allylic oxidation sites excluding steroid dienone is 4. The minimum absolute atomic E-state index is 0.202. The number of nitrogens with one attached hydrogen (secondary N) is 1. The van der Waals surface area contributed by atoms with Crippen LogP contribution in [0.25, 0.3) is 0 Å². The Morgan fingerprint density at radius 3 is 2.40 bits per heavy atom. The Hall–Kier alpha value is -1.24. The highest BCUT2D eigenvalue weighted by atomic mass is 14.9. The second-order valence-electron chi connectivity index (χ2n) is 7.25. The minimum Gasteiger partial charge on any atom is -0.381 e. The first-order valence-corrected chi connectivity index (χ1v) is 7.61. The molecule has 0 saturated carbocycles. The van der Waals surface area contributed by atoms with Crippen molar-refractivity contribution in [3.8, 4) is 0 Å². The second kappa shape index (κ2) is 6.47. The van der Waals surface area contributed by atoms with Gasteiger partial charge in [-0.25, -0.2) is 0 Å². The third kappa shape index (κ3) is 4.40. The zero-order valence-corrected chi connectivity index (χ0v) is 14.2. The van der Waals surface area contributed by atoms with Crippen LogP contribution in [0.3, 0.4) is 0 Å². The molecule has 0 aromatic carbocycles. The van der Waals surface area contributed by atoms with E-state index in [2.05, 4.69) is 84.8 Å². The van der Waals surface area contributed by atoms with Gasteiger partial charge in [0, 0.05) is 0 Å². The molecule has 1 aliphatic heterocycles. The molecular weight excluding hydrogens is 242 g/mol. The van der Waals surface area contributed by atoms with Gasteiger partial charge in [0.15, 0.2) is 0 Å². The Morgan fingerprint density at radius 2 is 1.90 bits per heavy atom. The number of dihydropyridines is 1. The summed E-state index contributed by atoms with van der Waals surface area (Å²) < 4.78 is 0. The van der Waals surface area contributed by atoms with Crippen molar-refractivity contribution in [2.24, 2.45) is 17.3 Å². The first kappa shape index (κ1) is 16.8. The van der Waals surface area contributed by atoms with Gasteiger partial charge in [-0.3, -0.25) is 0 Å². The summed E-state index contributed by atoms with van der Waals surface area (Å²) >= 11 is 0. The molecule has 0 amide bonds.